The number of rotatable bonds is 7. The number of aromatic nitrogens is 2. The van der Waals surface area contributed by atoms with Crippen molar-refractivity contribution >= 4 is 11.8 Å². The molecule has 3 aromatic rings. The normalized spacial score (nSPS) is 10.7. The molecule has 0 unspecified atom stereocenters. The van der Waals surface area contributed by atoms with Crippen LogP contribution >= 0.6 is 0 Å². The molecule has 0 bridgehead atoms. The Bertz CT molecular complexity index is 914. The summed E-state index contributed by atoms with van der Waals surface area (Å²) < 4.78 is 6.71. The van der Waals surface area contributed by atoms with Crippen molar-refractivity contribution in [1.29, 1.82) is 0 Å². The molecule has 0 atom stereocenters. The first-order chi connectivity index (χ1) is 12.5. The summed E-state index contributed by atoms with van der Waals surface area (Å²) in [7, 11) is 0. The lowest BCUT2D eigenvalue weighted by atomic mass is 10.1. The van der Waals surface area contributed by atoms with Gasteiger partial charge in [0.15, 0.2) is 5.76 Å². The maximum Gasteiger partial charge on any atom is 0.433 e. The Kier molecular flexibility index (Phi) is 5.12. The largest absolute Gasteiger partial charge is 0.433 e. The molecular weight excluding hydrogens is 336 g/mol. The third-order valence-corrected chi connectivity index (χ3v) is 3.93. The lowest BCUT2D eigenvalue weighted by Gasteiger charge is -2.02. The van der Waals surface area contributed by atoms with Crippen LogP contribution in [-0.4, -0.2) is 27.2 Å². The molecule has 0 spiro atoms. The van der Waals surface area contributed by atoms with Crippen LogP contribution in [0.5, 0.6) is 0 Å². The van der Waals surface area contributed by atoms with E-state index in [-0.39, 0.29) is 5.76 Å². The Labute approximate surface area is 149 Å². The first kappa shape index (κ1) is 17.4. The summed E-state index contributed by atoms with van der Waals surface area (Å²) in [6, 6.07) is 12.3. The van der Waals surface area contributed by atoms with E-state index in [1.165, 1.54) is 6.07 Å². The number of hydrogen-bond acceptors (Lipinski definition) is 5. The second kappa shape index (κ2) is 7.64. The van der Waals surface area contributed by atoms with Gasteiger partial charge in [0.05, 0.1) is 17.4 Å². The minimum atomic E-state index is -0.677. The molecule has 2 aromatic heterocycles. The van der Waals surface area contributed by atoms with E-state index in [1.807, 2.05) is 48.1 Å². The Morgan fingerprint density at radius 2 is 2.04 bits per heavy atom. The zero-order chi connectivity index (χ0) is 18.5. The number of hydrogen-bond donors (Lipinski definition) is 1. The van der Waals surface area contributed by atoms with Gasteiger partial charge < -0.3 is 9.73 Å². The molecular formula is C18H18N4O4. The van der Waals surface area contributed by atoms with Crippen molar-refractivity contribution < 1.29 is 14.1 Å². The molecule has 0 aliphatic heterocycles. The fraction of sp³-hybridized carbons (Fsp3) is 0.222. The smallest absolute Gasteiger partial charge is 0.395 e. The third-order valence-electron chi connectivity index (χ3n) is 3.93. The van der Waals surface area contributed by atoms with Gasteiger partial charge in [-0.1, -0.05) is 18.2 Å². The number of nitrogens with zero attached hydrogens (tertiary/aromatic N) is 3. The molecule has 0 radical (unpaired) electrons. The summed E-state index contributed by atoms with van der Waals surface area (Å²) in [5.74, 6) is -0.973. The molecule has 0 saturated heterocycles. The molecule has 134 valence electrons. The monoisotopic (exact) mass is 354 g/mol. The first-order valence-electron chi connectivity index (χ1n) is 8.17. The number of nitrogens with one attached hydrogen (secondary N) is 1. The molecule has 26 heavy (non-hydrogen) atoms. The minimum absolute atomic E-state index is 0.0650. The van der Waals surface area contributed by atoms with Crippen molar-refractivity contribution in [3.8, 4) is 5.69 Å². The van der Waals surface area contributed by atoms with Gasteiger partial charge in [0.25, 0.3) is 5.91 Å². The summed E-state index contributed by atoms with van der Waals surface area (Å²) in [6.07, 6.45) is 3.47. The predicted octanol–water partition coefficient (Wildman–Crippen LogP) is 3.04. The Balaban J connectivity index is 1.51. The molecule has 8 nitrogen and oxygen atoms in total. The topological polar surface area (TPSA) is 103 Å². The van der Waals surface area contributed by atoms with E-state index in [1.54, 1.807) is 0 Å². The average Bonchev–Trinajstić information content (AvgIpc) is 3.27. The van der Waals surface area contributed by atoms with Gasteiger partial charge in [0.2, 0.25) is 0 Å². The Morgan fingerprint density at radius 1 is 1.27 bits per heavy atom. The summed E-state index contributed by atoms with van der Waals surface area (Å²) >= 11 is 0. The van der Waals surface area contributed by atoms with E-state index in [0.29, 0.717) is 6.54 Å². The summed E-state index contributed by atoms with van der Waals surface area (Å²) in [5, 5.41) is 17.8. The number of amides is 1. The minimum Gasteiger partial charge on any atom is -0.395 e. The summed E-state index contributed by atoms with van der Waals surface area (Å²) in [5.41, 5.74) is 3.05. The lowest BCUT2D eigenvalue weighted by molar-refractivity contribution is -0.402. The number of benzene rings is 1. The SMILES string of the molecule is Cc1nn(-c2ccccc2)cc1CCCNC(=O)c1ccc([N+](=O)[O-])o1. The van der Waals surface area contributed by atoms with Crippen molar-refractivity contribution in [3.63, 3.8) is 0 Å². The molecule has 0 aliphatic carbocycles. The molecule has 0 saturated carbocycles. The maximum absolute atomic E-state index is 11.9. The fourth-order valence-corrected chi connectivity index (χ4v) is 2.57. The van der Waals surface area contributed by atoms with Crippen molar-refractivity contribution in [1.82, 2.24) is 15.1 Å². The third kappa shape index (κ3) is 3.97. The van der Waals surface area contributed by atoms with Crippen LogP contribution in [-0.2, 0) is 6.42 Å². The van der Waals surface area contributed by atoms with Crippen LogP contribution < -0.4 is 5.32 Å². The van der Waals surface area contributed by atoms with Crippen LogP contribution in [0.1, 0.15) is 28.2 Å². The highest BCUT2D eigenvalue weighted by Crippen LogP contribution is 2.16. The molecule has 1 amide bonds. The fourth-order valence-electron chi connectivity index (χ4n) is 2.57. The molecule has 8 heteroatoms. The van der Waals surface area contributed by atoms with Crippen LogP contribution in [0.15, 0.2) is 53.1 Å². The van der Waals surface area contributed by atoms with Gasteiger partial charge in [-0.05, 0) is 43.5 Å². The van der Waals surface area contributed by atoms with E-state index < -0.39 is 16.7 Å². The molecule has 2 heterocycles. The lowest BCUT2D eigenvalue weighted by Crippen LogP contribution is -2.24. The van der Waals surface area contributed by atoms with Crippen molar-refractivity contribution in [2.45, 2.75) is 19.8 Å². The van der Waals surface area contributed by atoms with Crippen LogP contribution in [0, 0.1) is 17.0 Å². The van der Waals surface area contributed by atoms with Crippen molar-refractivity contribution in [2.75, 3.05) is 6.54 Å². The second-order valence-corrected chi connectivity index (χ2v) is 5.77. The van der Waals surface area contributed by atoms with E-state index >= 15 is 0 Å². The highest BCUT2D eigenvalue weighted by atomic mass is 16.6. The van der Waals surface area contributed by atoms with E-state index in [2.05, 4.69) is 10.4 Å². The van der Waals surface area contributed by atoms with Gasteiger partial charge >= 0.3 is 5.88 Å². The molecule has 3 rings (SSSR count). The van der Waals surface area contributed by atoms with Crippen LogP contribution in [0.2, 0.25) is 0 Å². The maximum atomic E-state index is 11.9. The molecule has 0 fully saturated rings. The molecule has 1 aromatic carbocycles. The quantitative estimate of drug-likeness (QED) is 0.399. The van der Waals surface area contributed by atoms with Crippen LogP contribution in [0.25, 0.3) is 5.69 Å². The van der Waals surface area contributed by atoms with Gasteiger partial charge in [0, 0.05) is 12.7 Å². The number of aryl methyl sites for hydroxylation is 2. The van der Waals surface area contributed by atoms with E-state index in [4.69, 9.17) is 4.42 Å². The van der Waals surface area contributed by atoms with Crippen LogP contribution in [0.4, 0.5) is 5.88 Å². The van der Waals surface area contributed by atoms with E-state index in [0.717, 1.165) is 35.9 Å². The Hall–Kier alpha value is -3.42. The Morgan fingerprint density at radius 3 is 2.73 bits per heavy atom. The number of carbonyl (C=O) groups excluding carboxylic acids is 1. The molecule has 0 aliphatic rings. The predicted molar refractivity (Wildman–Crippen MR) is 94.3 cm³/mol. The van der Waals surface area contributed by atoms with Gasteiger partial charge in [-0.2, -0.15) is 5.10 Å². The van der Waals surface area contributed by atoms with Crippen LogP contribution in [0.3, 0.4) is 0 Å². The zero-order valence-electron chi connectivity index (χ0n) is 14.2. The first-order valence-corrected chi connectivity index (χ1v) is 8.17. The number of carbonyl (C=O) groups is 1. The molecule has 1 N–H and O–H groups in total. The van der Waals surface area contributed by atoms with Crippen molar-refractivity contribution in [3.05, 3.63) is 75.8 Å². The van der Waals surface area contributed by atoms with Gasteiger partial charge in [-0.15, -0.1) is 0 Å². The summed E-state index contributed by atoms with van der Waals surface area (Å²) in [4.78, 5) is 21.8. The second-order valence-electron chi connectivity index (χ2n) is 5.77. The van der Waals surface area contributed by atoms with Gasteiger partial charge in [0.1, 0.15) is 4.92 Å². The van der Waals surface area contributed by atoms with Gasteiger partial charge in [-0.3, -0.25) is 14.9 Å². The van der Waals surface area contributed by atoms with Gasteiger partial charge in [-0.25, -0.2) is 4.68 Å². The highest BCUT2D eigenvalue weighted by Gasteiger charge is 2.16. The average molecular weight is 354 g/mol. The number of nitro groups is 1. The number of furan rings is 1. The number of para-hydroxylation sites is 1. The summed E-state index contributed by atoms with van der Waals surface area (Å²) in [6.45, 7) is 2.39. The standard InChI is InChI=1S/C18H18N4O4/c1-13-14(12-21(20-13)15-7-3-2-4-8-15)6-5-11-19-18(23)16-9-10-17(26-16)22(24)25/h2-4,7-10,12H,5-6,11H2,1H3,(H,19,23). The van der Waals surface area contributed by atoms with E-state index in [9.17, 15) is 14.9 Å². The van der Waals surface area contributed by atoms with Crippen molar-refractivity contribution in [2.24, 2.45) is 0 Å². The highest BCUT2D eigenvalue weighted by molar-refractivity contribution is 5.91. The zero-order valence-corrected chi connectivity index (χ0v) is 14.2.